The quantitative estimate of drug-likeness (QED) is 0.437. The van der Waals surface area contributed by atoms with E-state index in [4.69, 9.17) is 5.11 Å². The molecule has 0 unspecified atom stereocenters. The molecule has 0 aliphatic rings. The maximum atomic E-state index is 11.3. The van der Waals surface area contributed by atoms with Gasteiger partial charge in [0.1, 0.15) is 6.04 Å². The van der Waals surface area contributed by atoms with Crippen molar-refractivity contribution in [3.8, 4) is 0 Å². The topological polar surface area (TPSA) is 90.5 Å². The molecule has 15 heavy (non-hydrogen) atoms. The summed E-state index contributed by atoms with van der Waals surface area (Å²) in [7, 11) is 1.62. The lowest BCUT2D eigenvalue weighted by atomic mass is 10.1. The average Bonchev–Trinajstić information content (AvgIpc) is 1.99. The predicted octanol–water partition coefficient (Wildman–Crippen LogP) is -1.32. The number of carbonyl (C=O) groups is 2. The van der Waals surface area contributed by atoms with Crippen molar-refractivity contribution in [3.63, 3.8) is 0 Å². The molecule has 0 rings (SSSR count). The van der Waals surface area contributed by atoms with Crippen LogP contribution in [0.2, 0.25) is 0 Å². The van der Waals surface area contributed by atoms with Gasteiger partial charge in [-0.2, -0.15) is 0 Å². The Morgan fingerprint density at radius 3 is 2.27 bits per heavy atom. The molecule has 0 aromatic carbocycles. The zero-order chi connectivity index (χ0) is 12.1. The highest BCUT2D eigenvalue weighted by atomic mass is 16.4. The molecule has 0 bridgehead atoms. The van der Waals surface area contributed by atoms with Crippen molar-refractivity contribution in [3.05, 3.63) is 0 Å². The van der Waals surface area contributed by atoms with Crippen LogP contribution < -0.4 is 15.9 Å². The SMILES string of the molecule is BNC[C@H](NC(=O)NC(C)(C)C)C(=O)O. The van der Waals surface area contributed by atoms with Crippen LogP contribution in [0.5, 0.6) is 0 Å². The minimum absolute atomic E-state index is 0.187. The van der Waals surface area contributed by atoms with Crippen LogP contribution in [0.3, 0.4) is 0 Å². The number of amides is 2. The largest absolute Gasteiger partial charge is 0.480 e. The Bertz CT molecular complexity index is 240. The second-order valence-corrected chi connectivity index (χ2v) is 4.30. The smallest absolute Gasteiger partial charge is 0.327 e. The minimum Gasteiger partial charge on any atom is -0.480 e. The Kier molecular flexibility index (Phi) is 5.14. The number of rotatable bonds is 4. The average molecular weight is 215 g/mol. The number of aliphatic carboxylic acids is 1. The summed E-state index contributed by atoms with van der Waals surface area (Å²) >= 11 is 0. The highest BCUT2D eigenvalue weighted by molar-refractivity contribution is 6.04. The molecule has 0 aliphatic heterocycles. The third kappa shape index (κ3) is 6.79. The van der Waals surface area contributed by atoms with Gasteiger partial charge in [0.25, 0.3) is 0 Å². The number of hydrogen-bond donors (Lipinski definition) is 4. The summed E-state index contributed by atoms with van der Waals surface area (Å²) in [6, 6.07) is -1.40. The summed E-state index contributed by atoms with van der Waals surface area (Å²) in [6.07, 6.45) is 0. The van der Waals surface area contributed by atoms with Crippen LogP contribution in [-0.2, 0) is 4.79 Å². The van der Waals surface area contributed by atoms with E-state index in [2.05, 4.69) is 15.9 Å². The second kappa shape index (κ2) is 5.60. The summed E-state index contributed by atoms with van der Waals surface area (Å²) in [4.78, 5) is 22.0. The first-order valence-corrected chi connectivity index (χ1v) is 4.72. The Morgan fingerprint density at radius 2 is 1.93 bits per heavy atom. The van der Waals surface area contributed by atoms with E-state index < -0.39 is 18.0 Å². The standard InChI is InChI=1S/C8H18BN3O3/c1-8(2,3)12-7(15)11-5(4-10-9)6(13)14/h5,10H,4,9H2,1-3H3,(H,13,14)(H2,11,12,15)/t5-/m0/s1. The minimum atomic E-state index is -1.06. The Balaban J connectivity index is 4.18. The van der Waals surface area contributed by atoms with E-state index in [1.165, 1.54) is 0 Å². The fourth-order valence-electron chi connectivity index (χ4n) is 0.939. The maximum absolute atomic E-state index is 11.3. The lowest BCUT2D eigenvalue weighted by Gasteiger charge is -2.22. The Hall–Kier alpha value is -1.24. The number of hydrogen-bond acceptors (Lipinski definition) is 3. The summed E-state index contributed by atoms with van der Waals surface area (Å²) in [5.74, 6) is -1.06. The third-order valence-electron chi connectivity index (χ3n) is 1.50. The van der Waals surface area contributed by atoms with E-state index in [9.17, 15) is 9.59 Å². The molecule has 0 fully saturated rings. The molecule has 0 radical (unpaired) electrons. The van der Waals surface area contributed by atoms with Gasteiger partial charge in [-0.15, -0.1) is 0 Å². The van der Waals surface area contributed by atoms with Crippen LogP contribution >= 0.6 is 0 Å². The van der Waals surface area contributed by atoms with E-state index in [0.717, 1.165) is 0 Å². The van der Waals surface area contributed by atoms with Crippen LogP contribution in [0, 0.1) is 0 Å². The van der Waals surface area contributed by atoms with Gasteiger partial charge in [-0.1, -0.05) is 0 Å². The summed E-state index contributed by atoms with van der Waals surface area (Å²) in [5.41, 5.74) is -0.382. The number of carboxylic acids is 1. The molecule has 0 aromatic heterocycles. The first-order valence-electron chi connectivity index (χ1n) is 4.72. The Labute approximate surface area is 90.2 Å². The van der Waals surface area contributed by atoms with Gasteiger partial charge in [0.2, 0.25) is 0 Å². The van der Waals surface area contributed by atoms with Gasteiger partial charge >= 0.3 is 12.0 Å². The fourth-order valence-corrected chi connectivity index (χ4v) is 0.939. The number of nitrogens with one attached hydrogen (secondary N) is 3. The molecule has 0 saturated heterocycles. The van der Waals surface area contributed by atoms with Crippen molar-refractivity contribution in [2.24, 2.45) is 0 Å². The van der Waals surface area contributed by atoms with Gasteiger partial charge in [-0.25, -0.2) is 9.59 Å². The zero-order valence-electron chi connectivity index (χ0n) is 9.55. The van der Waals surface area contributed by atoms with Gasteiger partial charge in [0.05, 0.1) is 0 Å². The molecule has 1 atom stereocenters. The molecule has 6 nitrogen and oxygen atoms in total. The molecule has 7 heteroatoms. The van der Waals surface area contributed by atoms with Crippen LogP contribution in [0.4, 0.5) is 4.79 Å². The van der Waals surface area contributed by atoms with Crippen LogP contribution in [0.25, 0.3) is 0 Å². The molecule has 0 aromatic rings. The van der Waals surface area contributed by atoms with Gasteiger partial charge in [-0.3, -0.25) is 0 Å². The third-order valence-corrected chi connectivity index (χ3v) is 1.50. The lowest BCUT2D eigenvalue weighted by Crippen LogP contribution is -2.54. The molecule has 0 aliphatic carbocycles. The van der Waals surface area contributed by atoms with Crippen LogP contribution in [0.1, 0.15) is 20.8 Å². The summed E-state index contributed by atoms with van der Waals surface area (Å²) in [6.45, 7) is 5.65. The van der Waals surface area contributed by atoms with Crippen molar-refractivity contribution in [1.82, 2.24) is 15.9 Å². The molecule has 86 valence electrons. The Morgan fingerprint density at radius 1 is 1.40 bits per heavy atom. The molecule has 0 spiro atoms. The van der Waals surface area contributed by atoms with Gasteiger partial charge in [-0.05, 0) is 20.8 Å². The van der Waals surface area contributed by atoms with Gasteiger partial charge in [0.15, 0.2) is 7.98 Å². The number of carbonyl (C=O) groups excluding carboxylic acids is 1. The van der Waals surface area contributed by atoms with Crippen molar-refractivity contribution < 1.29 is 14.7 Å². The second-order valence-electron chi connectivity index (χ2n) is 4.30. The molecular weight excluding hydrogens is 197 g/mol. The van der Waals surface area contributed by atoms with Crippen molar-refractivity contribution in [1.29, 1.82) is 0 Å². The molecule has 0 heterocycles. The monoisotopic (exact) mass is 215 g/mol. The zero-order valence-corrected chi connectivity index (χ0v) is 9.55. The molecule has 2 amide bonds. The van der Waals surface area contributed by atoms with Crippen molar-refractivity contribution >= 4 is 20.0 Å². The normalized spacial score (nSPS) is 13.0. The number of urea groups is 1. The highest BCUT2D eigenvalue weighted by Crippen LogP contribution is 1.97. The van der Waals surface area contributed by atoms with Crippen molar-refractivity contribution in [2.75, 3.05) is 6.54 Å². The van der Waals surface area contributed by atoms with Crippen LogP contribution in [-0.4, -0.2) is 43.2 Å². The summed E-state index contributed by atoms with van der Waals surface area (Å²) < 4.78 is 0. The maximum Gasteiger partial charge on any atom is 0.327 e. The molecule has 0 saturated carbocycles. The predicted molar refractivity (Wildman–Crippen MR) is 59.4 cm³/mol. The van der Waals surface area contributed by atoms with Gasteiger partial charge < -0.3 is 21.0 Å². The van der Waals surface area contributed by atoms with Crippen molar-refractivity contribution in [2.45, 2.75) is 32.4 Å². The fraction of sp³-hybridized carbons (Fsp3) is 0.750. The van der Waals surface area contributed by atoms with E-state index in [1.54, 1.807) is 7.98 Å². The molecular formula is C8H18BN3O3. The lowest BCUT2D eigenvalue weighted by molar-refractivity contribution is -0.139. The van der Waals surface area contributed by atoms with E-state index in [0.29, 0.717) is 0 Å². The first kappa shape index (κ1) is 13.8. The summed E-state index contributed by atoms with van der Waals surface area (Å²) in [5, 5.41) is 16.4. The first-order chi connectivity index (χ1) is 6.76. The van der Waals surface area contributed by atoms with Crippen LogP contribution in [0.15, 0.2) is 0 Å². The van der Waals surface area contributed by atoms with E-state index in [-0.39, 0.29) is 12.1 Å². The van der Waals surface area contributed by atoms with E-state index in [1.807, 2.05) is 20.8 Å². The molecule has 4 N–H and O–H groups in total. The highest BCUT2D eigenvalue weighted by Gasteiger charge is 2.21. The van der Waals surface area contributed by atoms with E-state index >= 15 is 0 Å². The van der Waals surface area contributed by atoms with Gasteiger partial charge in [0, 0.05) is 12.1 Å². The number of carboxylic acid groups (broad SMARTS) is 1.